The second-order valence-electron chi connectivity index (χ2n) is 5.05. The molecule has 1 aromatic rings. The minimum atomic E-state index is -2.89. The van der Waals surface area contributed by atoms with Crippen LogP contribution in [0.25, 0.3) is 0 Å². The second kappa shape index (κ2) is 5.86. The van der Waals surface area contributed by atoms with Gasteiger partial charge >= 0.3 is 0 Å². The maximum absolute atomic E-state index is 13.9. The molecule has 0 fully saturated rings. The van der Waals surface area contributed by atoms with Crippen LogP contribution in [-0.4, -0.2) is 14.7 Å². The number of rotatable bonds is 3. The molecule has 0 amide bonds. The Balaban J connectivity index is 3.21. The molecule has 0 aromatic heterocycles. The largest absolute Gasteiger partial charge is 0.266 e. The standard InChI is InChI=1S/C13H16F3NOS/c1-8(17-19(18)13(2,3)4)9-6-5-7-10(11(9)14)12(15)16/h5-7,12H,1-4H3/t19-/m0/s1. The molecule has 0 spiro atoms. The van der Waals surface area contributed by atoms with E-state index < -0.39 is 33.5 Å². The van der Waals surface area contributed by atoms with Gasteiger partial charge in [-0.2, -0.15) is 4.40 Å². The summed E-state index contributed by atoms with van der Waals surface area (Å²) in [7, 11) is -1.56. The van der Waals surface area contributed by atoms with Crippen molar-refractivity contribution in [2.24, 2.45) is 4.40 Å². The van der Waals surface area contributed by atoms with Crippen molar-refractivity contribution in [3.05, 3.63) is 35.1 Å². The Labute approximate surface area is 113 Å². The van der Waals surface area contributed by atoms with E-state index in [0.717, 1.165) is 6.07 Å². The molecular formula is C13H16F3NOS. The summed E-state index contributed by atoms with van der Waals surface area (Å²) in [6.07, 6.45) is -2.89. The Bertz CT molecular complexity index is 521. The fourth-order valence-corrected chi connectivity index (χ4v) is 1.93. The number of benzene rings is 1. The number of hydrogen-bond acceptors (Lipinski definition) is 1. The maximum atomic E-state index is 13.9. The Morgan fingerprint density at radius 3 is 2.37 bits per heavy atom. The van der Waals surface area contributed by atoms with E-state index in [1.165, 1.54) is 19.1 Å². The van der Waals surface area contributed by atoms with Gasteiger partial charge in [0.15, 0.2) is 0 Å². The van der Waals surface area contributed by atoms with Gasteiger partial charge in [-0.15, -0.1) is 0 Å². The smallest absolute Gasteiger partial charge is 0.234 e. The van der Waals surface area contributed by atoms with Gasteiger partial charge in [0.2, 0.25) is 0 Å². The van der Waals surface area contributed by atoms with Crippen LogP contribution in [-0.2, 0) is 11.0 Å². The third-order valence-electron chi connectivity index (χ3n) is 2.40. The van der Waals surface area contributed by atoms with Crippen LogP contribution in [0.1, 0.15) is 45.2 Å². The van der Waals surface area contributed by atoms with Crippen molar-refractivity contribution in [1.29, 1.82) is 0 Å². The Morgan fingerprint density at radius 2 is 1.89 bits per heavy atom. The van der Waals surface area contributed by atoms with Crippen LogP contribution in [0.15, 0.2) is 22.6 Å². The zero-order chi connectivity index (χ0) is 14.8. The molecule has 0 aliphatic rings. The molecule has 1 aromatic carbocycles. The lowest BCUT2D eigenvalue weighted by Gasteiger charge is -2.14. The van der Waals surface area contributed by atoms with Crippen molar-refractivity contribution >= 4 is 16.7 Å². The number of nitrogens with zero attached hydrogens (tertiary/aromatic N) is 1. The molecular weight excluding hydrogens is 275 g/mol. The zero-order valence-electron chi connectivity index (χ0n) is 11.2. The molecule has 2 nitrogen and oxygen atoms in total. The van der Waals surface area contributed by atoms with Crippen LogP contribution in [0.5, 0.6) is 0 Å². The molecule has 0 aliphatic carbocycles. The topological polar surface area (TPSA) is 29.4 Å². The number of hydrogen-bond donors (Lipinski definition) is 0. The quantitative estimate of drug-likeness (QED) is 0.773. The van der Waals surface area contributed by atoms with Crippen LogP contribution in [0.3, 0.4) is 0 Å². The maximum Gasteiger partial charge on any atom is 0.266 e. The van der Waals surface area contributed by atoms with Gasteiger partial charge in [0.1, 0.15) is 16.8 Å². The molecule has 0 N–H and O–H groups in total. The summed E-state index contributed by atoms with van der Waals surface area (Å²) in [5.74, 6) is -1.01. The normalized spacial score (nSPS) is 14.8. The van der Waals surface area contributed by atoms with E-state index in [4.69, 9.17) is 0 Å². The molecule has 0 saturated carbocycles. The van der Waals surface area contributed by atoms with Crippen LogP contribution >= 0.6 is 0 Å². The highest BCUT2D eigenvalue weighted by molar-refractivity contribution is 7.85. The van der Waals surface area contributed by atoms with Gasteiger partial charge in [-0.05, 0) is 27.7 Å². The summed E-state index contributed by atoms with van der Waals surface area (Å²) in [5, 5.41) is 0. The van der Waals surface area contributed by atoms with E-state index in [2.05, 4.69) is 4.40 Å². The third-order valence-corrected chi connectivity index (χ3v) is 3.88. The van der Waals surface area contributed by atoms with Gasteiger partial charge in [0.05, 0.1) is 16.0 Å². The number of alkyl halides is 2. The summed E-state index contributed by atoms with van der Waals surface area (Å²) in [4.78, 5) is 0. The second-order valence-corrected chi connectivity index (χ2v) is 6.95. The molecule has 1 atom stereocenters. The monoisotopic (exact) mass is 291 g/mol. The van der Waals surface area contributed by atoms with Gasteiger partial charge in [0.25, 0.3) is 6.43 Å². The summed E-state index contributed by atoms with van der Waals surface area (Å²) in [5.41, 5.74) is -0.572. The van der Waals surface area contributed by atoms with E-state index in [1.54, 1.807) is 20.8 Å². The van der Waals surface area contributed by atoms with E-state index in [0.29, 0.717) is 0 Å². The molecule has 0 radical (unpaired) electrons. The Morgan fingerprint density at radius 1 is 1.32 bits per heavy atom. The highest BCUT2D eigenvalue weighted by atomic mass is 32.2. The van der Waals surface area contributed by atoms with Crippen molar-refractivity contribution in [3.8, 4) is 0 Å². The molecule has 0 unspecified atom stereocenters. The van der Waals surface area contributed by atoms with Gasteiger partial charge in [-0.3, -0.25) is 0 Å². The van der Waals surface area contributed by atoms with Crippen LogP contribution in [0.4, 0.5) is 13.2 Å². The molecule has 0 bridgehead atoms. The lowest BCUT2D eigenvalue weighted by molar-refractivity contribution is 0.146. The summed E-state index contributed by atoms with van der Waals surface area (Å²) >= 11 is 0. The van der Waals surface area contributed by atoms with E-state index >= 15 is 0 Å². The van der Waals surface area contributed by atoms with Crippen molar-refractivity contribution < 1.29 is 17.4 Å². The predicted octanol–water partition coefficient (Wildman–Crippen LogP) is 4.03. The minimum Gasteiger partial charge on any atom is -0.234 e. The van der Waals surface area contributed by atoms with Crippen LogP contribution < -0.4 is 0 Å². The van der Waals surface area contributed by atoms with Crippen molar-refractivity contribution in [1.82, 2.24) is 0 Å². The van der Waals surface area contributed by atoms with E-state index in [9.17, 15) is 17.4 Å². The van der Waals surface area contributed by atoms with Crippen LogP contribution in [0, 0.1) is 5.82 Å². The molecule has 19 heavy (non-hydrogen) atoms. The lowest BCUT2D eigenvalue weighted by Crippen LogP contribution is -2.21. The van der Waals surface area contributed by atoms with E-state index in [-0.39, 0.29) is 11.3 Å². The molecule has 1 rings (SSSR count). The first-order valence-electron chi connectivity index (χ1n) is 5.69. The molecule has 106 valence electrons. The van der Waals surface area contributed by atoms with Gasteiger partial charge < -0.3 is 0 Å². The minimum absolute atomic E-state index is 0.0459. The summed E-state index contributed by atoms with van der Waals surface area (Å²) < 4.78 is 54.2. The van der Waals surface area contributed by atoms with Crippen LogP contribution in [0.2, 0.25) is 0 Å². The first-order valence-corrected chi connectivity index (χ1v) is 6.79. The van der Waals surface area contributed by atoms with Gasteiger partial charge in [0, 0.05) is 5.56 Å². The highest BCUT2D eigenvalue weighted by Gasteiger charge is 2.21. The molecule has 0 aliphatic heterocycles. The van der Waals surface area contributed by atoms with Crippen molar-refractivity contribution in [2.75, 3.05) is 0 Å². The zero-order valence-corrected chi connectivity index (χ0v) is 12.0. The van der Waals surface area contributed by atoms with E-state index in [1.807, 2.05) is 0 Å². The third kappa shape index (κ3) is 3.89. The average Bonchev–Trinajstić information content (AvgIpc) is 2.27. The SMILES string of the molecule is CC(=N[S@@](=O)C(C)(C)C)c1cccc(C(F)F)c1F. The first-order chi connectivity index (χ1) is 8.64. The summed E-state index contributed by atoms with van der Waals surface area (Å²) in [6, 6.07) is 3.70. The lowest BCUT2D eigenvalue weighted by atomic mass is 10.1. The first kappa shape index (κ1) is 15.9. The molecule has 0 heterocycles. The predicted molar refractivity (Wildman–Crippen MR) is 71.5 cm³/mol. The van der Waals surface area contributed by atoms with Gasteiger partial charge in [-0.25, -0.2) is 17.4 Å². The van der Waals surface area contributed by atoms with Crippen molar-refractivity contribution in [3.63, 3.8) is 0 Å². The Hall–Kier alpha value is -1.17. The Kier molecular flexibility index (Phi) is 4.90. The highest BCUT2D eigenvalue weighted by Crippen LogP contribution is 2.25. The molecule has 6 heteroatoms. The fourth-order valence-electron chi connectivity index (χ4n) is 1.31. The molecule has 0 saturated heterocycles. The summed E-state index contributed by atoms with van der Waals surface area (Å²) in [6.45, 7) is 6.64. The van der Waals surface area contributed by atoms with Gasteiger partial charge in [-0.1, -0.05) is 18.2 Å². The fraction of sp³-hybridized carbons (Fsp3) is 0.462. The van der Waals surface area contributed by atoms with Crippen molar-refractivity contribution in [2.45, 2.75) is 38.9 Å². The number of halogens is 3. The average molecular weight is 291 g/mol.